The van der Waals surface area contributed by atoms with Gasteiger partial charge in [-0.05, 0) is 62.6 Å². The first-order valence-corrected chi connectivity index (χ1v) is 13.0. The van der Waals surface area contributed by atoms with Crippen molar-refractivity contribution >= 4 is 37.3 Å². The van der Waals surface area contributed by atoms with Gasteiger partial charge in [-0.1, -0.05) is 18.9 Å². The van der Waals surface area contributed by atoms with Gasteiger partial charge in [-0.2, -0.15) is 0 Å². The highest BCUT2D eigenvalue weighted by molar-refractivity contribution is 7.90. The third kappa shape index (κ3) is 5.23. The molecule has 29 heavy (non-hydrogen) atoms. The fourth-order valence-electron chi connectivity index (χ4n) is 3.12. The second kappa shape index (κ2) is 8.92. The van der Waals surface area contributed by atoms with E-state index in [1.54, 1.807) is 0 Å². The number of benzene rings is 1. The van der Waals surface area contributed by atoms with Crippen LogP contribution in [0.15, 0.2) is 40.1 Å². The van der Waals surface area contributed by atoms with Gasteiger partial charge in [-0.3, -0.25) is 10.2 Å². The fourth-order valence-corrected chi connectivity index (χ4v) is 6.00. The highest BCUT2D eigenvalue weighted by Gasteiger charge is 2.21. The molecule has 3 N–H and O–H groups in total. The van der Waals surface area contributed by atoms with Gasteiger partial charge in [0.25, 0.3) is 15.9 Å². The van der Waals surface area contributed by atoms with Gasteiger partial charge >= 0.3 is 0 Å². The molecule has 0 saturated carbocycles. The lowest BCUT2D eigenvalue weighted by Gasteiger charge is -2.09. The number of rotatable bonds is 6. The lowest BCUT2D eigenvalue weighted by Crippen LogP contribution is -2.41. The number of carbonyl (C=O) groups is 1. The van der Waals surface area contributed by atoms with Crippen LogP contribution in [-0.4, -0.2) is 29.8 Å². The zero-order chi connectivity index (χ0) is 21.1. The molecule has 11 heteroatoms. The first kappa shape index (κ1) is 21.9. The van der Waals surface area contributed by atoms with Crippen LogP contribution in [-0.2, 0) is 32.9 Å². The Morgan fingerprint density at radius 3 is 2.28 bits per heavy atom. The van der Waals surface area contributed by atoms with Crippen LogP contribution in [0, 0.1) is 0 Å². The number of carbonyl (C=O) groups excluding carboxylic acids is 1. The number of fused-ring (bicyclic) bond motifs is 1. The van der Waals surface area contributed by atoms with Crippen molar-refractivity contribution in [3.8, 4) is 0 Å². The normalized spacial score (nSPS) is 15.2. The Labute approximate surface area is 174 Å². The van der Waals surface area contributed by atoms with E-state index in [4.69, 9.17) is 0 Å². The first-order chi connectivity index (χ1) is 13.7. The third-order valence-electron chi connectivity index (χ3n) is 4.71. The molecule has 0 bridgehead atoms. The van der Waals surface area contributed by atoms with Crippen molar-refractivity contribution < 1.29 is 21.6 Å². The van der Waals surface area contributed by atoms with E-state index in [1.807, 2.05) is 10.9 Å². The quantitative estimate of drug-likeness (QED) is 0.573. The zero-order valence-electron chi connectivity index (χ0n) is 15.9. The topological polar surface area (TPSA) is 121 Å². The molecule has 1 aromatic heterocycles. The average molecular weight is 458 g/mol. The van der Waals surface area contributed by atoms with Crippen LogP contribution in [0.4, 0.5) is 0 Å². The molecule has 1 aromatic carbocycles. The van der Waals surface area contributed by atoms with E-state index in [1.165, 1.54) is 54.3 Å². The summed E-state index contributed by atoms with van der Waals surface area (Å²) in [5.41, 5.74) is 3.38. The summed E-state index contributed by atoms with van der Waals surface area (Å²) in [7, 11) is -6.69. The largest absolute Gasteiger partial charge is 0.276 e. The van der Waals surface area contributed by atoms with Gasteiger partial charge < -0.3 is 0 Å². The molecule has 158 valence electrons. The van der Waals surface area contributed by atoms with Gasteiger partial charge in [0.05, 0.1) is 14.7 Å². The van der Waals surface area contributed by atoms with Gasteiger partial charge in [-0.25, -0.2) is 21.6 Å². The van der Waals surface area contributed by atoms with E-state index in [-0.39, 0.29) is 9.79 Å². The SMILES string of the molecule is CNS(=O)(=O)c1cccc(S(=O)(=O)NNC(=O)c2cc3c(s2)CCCCCC3)c1. The van der Waals surface area contributed by atoms with Gasteiger partial charge in [0, 0.05) is 4.88 Å². The van der Waals surface area contributed by atoms with Gasteiger partial charge in [0.1, 0.15) is 0 Å². The van der Waals surface area contributed by atoms with Gasteiger partial charge in [0.15, 0.2) is 0 Å². The number of hydrogen-bond acceptors (Lipinski definition) is 6. The van der Waals surface area contributed by atoms with E-state index >= 15 is 0 Å². The molecule has 0 atom stereocenters. The maximum absolute atomic E-state index is 12.5. The molecule has 1 aliphatic carbocycles. The molecular weight excluding hydrogens is 434 g/mol. The van der Waals surface area contributed by atoms with Crippen LogP contribution in [0.5, 0.6) is 0 Å². The summed E-state index contributed by atoms with van der Waals surface area (Å²) in [4.78, 5) is 15.7. The Balaban J connectivity index is 1.73. The molecule has 0 radical (unpaired) electrons. The van der Waals surface area contributed by atoms with Crippen molar-refractivity contribution in [2.45, 2.75) is 48.3 Å². The summed E-state index contributed by atoms with van der Waals surface area (Å²) in [6, 6.07) is 6.71. The van der Waals surface area contributed by atoms with E-state index in [0.717, 1.165) is 37.3 Å². The van der Waals surface area contributed by atoms with Crippen LogP contribution in [0.1, 0.15) is 45.8 Å². The van der Waals surface area contributed by atoms with E-state index < -0.39 is 26.0 Å². The molecule has 8 nitrogen and oxygen atoms in total. The van der Waals surface area contributed by atoms with Crippen molar-refractivity contribution in [2.75, 3.05) is 7.05 Å². The molecule has 0 saturated heterocycles. The minimum atomic E-state index is -4.14. The van der Waals surface area contributed by atoms with Crippen molar-refractivity contribution in [3.05, 3.63) is 45.6 Å². The number of thiophene rings is 1. The Hall–Kier alpha value is -1.79. The van der Waals surface area contributed by atoms with Gasteiger partial charge in [0.2, 0.25) is 10.0 Å². The monoisotopic (exact) mass is 457 g/mol. The summed E-state index contributed by atoms with van der Waals surface area (Å²) < 4.78 is 50.9. The maximum Gasteiger partial charge on any atom is 0.276 e. The summed E-state index contributed by atoms with van der Waals surface area (Å²) in [5, 5.41) is 0. The lowest BCUT2D eigenvalue weighted by atomic mass is 10.00. The molecular formula is C18H23N3O5S3. The predicted molar refractivity (Wildman–Crippen MR) is 111 cm³/mol. The first-order valence-electron chi connectivity index (χ1n) is 9.20. The van der Waals surface area contributed by atoms with Crippen molar-refractivity contribution in [2.24, 2.45) is 0 Å². The molecule has 2 aromatic rings. The Morgan fingerprint density at radius 2 is 1.59 bits per heavy atom. The molecule has 0 fully saturated rings. The Morgan fingerprint density at radius 1 is 0.931 bits per heavy atom. The minimum Gasteiger partial charge on any atom is -0.273 e. The van der Waals surface area contributed by atoms with Crippen LogP contribution < -0.4 is 15.0 Å². The average Bonchev–Trinajstić information content (AvgIpc) is 3.08. The zero-order valence-corrected chi connectivity index (χ0v) is 18.3. The van der Waals surface area contributed by atoms with Gasteiger partial charge in [-0.15, -0.1) is 16.2 Å². The second-order valence-electron chi connectivity index (χ2n) is 6.72. The number of nitrogens with one attached hydrogen (secondary N) is 3. The van der Waals surface area contributed by atoms with Crippen molar-refractivity contribution in [1.29, 1.82) is 0 Å². The molecule has 0 spiro atoms. The summed E-state index contributed by atoms with van der Waals surface area (Å²) in [6.45, 7) is 0. The number of hydrazine groups is 1. The van der Waals surface area contributed by atoms with Crippen LogP contribution in [0.2, 0.25) is 0 Å². The maximum atomic E-state index is 12.5. The number of amides is 1. The number of sulfonamides is 2. The second-order valence-corrected chi connectivity index (χ2v) is 11.4. The number of aryl methyl sites for hydroxylation is 2. The van der Waals surface area contributed by atoms with Crippen LogP contribution in [0.25, 0.3) is 0 Å². The highest BCUT2D eigenvalue weighted by Crippen LogP contribution is 2.28. The van der Waals surface area contributed by atoms with Crippen molar-refractivity contribution in [3.63, 3.8) is 0 Å². The molecule has 1 amide bonds. The van der Waals surface area contributed by atoms with E-state index in [0.29, 0.717) is 4.88 Å². The standard InChI is InChI=1S/C18H23N3O5S3/c1-19-28(23,24)14-8-6-9-15(12-14)29(25,26)21-20-18(22)17-11-13-7-4-2-3-5-10-16(13)27-17/h6,8-9,11-12,19,21H,2-5,7,10H2,1H3,(H,20,22). The molecule has 0 unspecified atom stereocenters. The van der Waals surface area contributed by atoms with E-state index in [2.05, 4.69) is 10.1 Å². The van der Waals surface area contributed by atoms with Crippen LogP contribution in [0.3, 0.4) is 0 Å². The molecule has 0 aliphatic heterocycles. The summed E-state index contributed by atoms with van der Waals surface area (Å²) in [6.07, 6.45) is 6.40. The number of hydrogen-bond donors (Lipinski definition) is 3. The molecule has 1 aliphatic rings. The van der Waals surface area contributed by atoms with Crippen molar-refractivity contribution in [1.82, 2.24) is 15.0 Å². The third-order valence-corrected chi connectivity index (χ3v) is 8.61. The van der Waals surface area contributed by atoms with Crippen LogP contribution >= 0.6 is 11.3 Å². The summed E-state index contributed by atoms with van der Waals surface area (Å²) in [5.74, 6) is -0.538. The Kier molecular flexibility index (Phi) is 6.74. The van der Waals surface area contributed by atoms with E-state index in [9.17, 15) is 21.6 Å². The fraction of sp³-hybridized carbons (Fsp3) is 0.389. The predicted octanol–water partition coefficient (Wildman–Crippen LogP) is 1.94. The smallest absolute Gasteiger partial charge is 0.273 e. The Bertz CT molecular complexity index is 1080. The highest BCUT2D eigenvalue weighted by atomic mass is 32.2. The lowest BCUT2D eigenvalue weighted by molar-refractivity contribution is 0.0949. The molecule has 3 rings (SSSR count). The minimum absolute atomic E-state index is 0.188. The summed E-state index contributed by atoms with van der Waals surface area (Å²) >= 11 is 1.39. The molecule has 1 heterocycles.